The van der Waals surface area contributed by atoms with Crippen molar-refractivity contribution < 1.29 is 9.00 Å². The number of rotatable bonds is 3. The highest BCUT2D eigenvalue weighted by atomic mass is 32.2. The van der Waals surface area contributed by atoms with E-state index < -0.39 is 16.3 Å². The molecule has 0 aliphatic carbocycles. The topological polar surface area (TPSA) is 63.4 Å². The molecule has 0 aromatic carbocycles. The van der Waals surface area contributed by atoms with Crippen LogP contribution >= 0.6 is 0 Å². The summed E-state index contributed by atoms with van der Waals surface area (Å²) < 4.78 is 11.8. The van der Waals surface area contributed by atoms with Crippen LogP contribution in [-0.4, -0.2) is 45.2 Å². The number of carbonyl (C=O) groups is 1. The molecule has 1 aliphatic rings. The maximum Gasteiger partial charge on any atom is 0.238 e. The molecular formula is C9H18N2O2S. The van der Waals surface area contributed by atoms with Gasteiger partial charge in [0.2, 0.25) is 5.91 Å². The Kier molecular flexibility index (Phi) is 3.32. The van der Waals surface area contributed by atoms with Crippen molar-refractivity contribution in [3.63, 3.8) is 0 Å². The molecule has 1 amide bonds. The summed E-state index contributed by atoms with van der Waals surface area (Å²) in [6.07, 6.45) is 0.692. The van der Waals surface area contributed by atoms with E-state index in [2.05, 4.69) is 0 Å². The zero-order valence-corrected chi connectivity index (χ0v) is 9.76. The van der Waals surface area contributed by atoms with Crippen LogP contribution in [0.3, 0.4) is 0 Å². The Labute approximate surface area is 87.3 Å². The SMILES string of the molecule is CN1CCC(S(=O)CC(C)(C)N)C1=O. The predicted molar refractivity (Wildman–Crippen MR) is 57.3 cm³/mol. The van der Waals surface area contributed by atoms with Gasteiger partial charge >= 0.3 is 0 Å². The van der Waals surface area contributed by atoms with Crippen LogP contribution in [0.2, 0.25) is 0 Å². The summed E-state index contributed by atoms with van der Waals surface area (Å²) in [7, 11) is 0.611. The van der Waals surface area contributed by atoms with Gasteiger partial charge in [-0.25, -0.2) is 0 Å². The number of hydrogen-bond acceptors (Lipinski definition) is 3. The van der Waals surface area contributed by atoms with Crippen molar-refractivity contribution in [2.75, 3.05) is 19.3 Å². The first-order valence-electron chi connectivity index (χ1n) is 4.72. The highest BCUT2D eigenvalue weighted by Gasteiger charge is 2.35. The summed E-state index contributed by atoms with van der Waals surface area (Å²) in [5.74, 6) is 0.379. The molecule has 2 atom stereocenters. The molecule has 1 rings (SSSR count). The largest absolute Gasteiger partial charge is 0.345 e. The van der Waals surface area contributed by atoms with Gasteiger partial charge in [-0.15, -0.1) is 0 Å². The van der Waals surface area contributed by atoms with E-state index in [9.17, 15) is 9.00 Å². The smallest absolute Gasteiger partial charge is 0.238 e. The van der Waals surface area contributed by atoms with E-state index in [0.29, 0.717) is 18.7 Å². The summed E-state index contributed by atoms with van der Waals surface area (Å²) in [6.45, 7) is 4.36. The average Bonchev–Trinajstić information content (AvgIpc) is 2.29. The molecule has 1 aliphatic heterocycles. The number of likely N-dealkylation sites (tertiary alicyclic amines) is 1. The molecule has 82 valence electrons. The lowest BCUT2D eigenvalue weighted by Gasteiger charge is -2.19. The van der Waals surface area contributed by atoms with Crippen LogP contribution in [0.1, 0.15) is 20.3 Å². The van der Waals surface area contributed by atoms with Crippen LogP contribution in [-0.2, 0) is 15.6 Å². The molecule has 0 saturated carbocycles. The van der Waals surface area contributed by atoms with E-state index in [1.165, 1.54) is 0 Å². The van der Waals surface area contributed by atoms with Crippen LogP contribution in [0.15, 0.2) is 0 Å². The molecular weight excluding hydrogens is 200 g/mol. The second-order valence-electron chi connectivity index (χ2n) is 4.55. The molecule has 4 nitrogen and oxygen atoms in total. The second-order valence-corrected chi connectivity index (χ2v) is 6.17. The molecule has 14 heavy (non-hydrogen) atoms. The van der Waals surface area contributed by atoms with Crippen LogP contribution in [0.5, 0.6) is 0 Å². The molecule has 5 heteroatoms. The number of nitrogens with two attached hydrogens (primary N) is 1. The summed E-state index contributed by atoms with van der Waals surface area (Å²) >= 11 is 0. The zero-order valence-electron chi connectivity index (χ0n) is 8.95. The molecule has 0 spiro atoms. The molecule has 1 heterocycles. The molecule has 0 radical (unpaired) electrons. The summed E-state index contributed by atoms with van der Waals surface area (Å²) in [4.78, 5) is 13.2. The Morgan fingerprint density at radius 2 is 2.21 bits per heavy atom. The van der Waals surface area contributed by atoms with Gasteiger partial charge in [0.05, 0.1) is 0 Å². The van der Waals surface area contributed by atoms with Crippen LogP contribution in [0.25, 0.3) is 0 Å². The fourth-order valence-electron chi connectivity index (χ4n) is 1.50. The first-order chi connectivity index (χ1) is 6.31. The number of carbonyl (C=O) groups excluding carboxylic acids is 1. The monoisotopic (exact) mass is 218 g/mol. The Hall–Kier alpha value is -0.420. The summed E-state index contributed by atoms with van der Waals surface area (Å²) in [5.41, 5.74) is 5.30. The Morgan fingerprint density at radius 1 is 1.64 bits per heavy atom. The van der Waals surface area contributed by atoms with Crippen LogP contribution in [0, 0.1) is 0 Å². The fourth-order valence-corrected chi connectivity index (χ4v) is 3.21. The lowest BCUT2D eigenvalue weighted by molar-refractivity contribution is -0.126. The summed E-state index contributed by atoms with van der Waals surface area (Å²) in [5, 5.41) is -0.331. The lowest BCUT2D eigenvalue weighted by Crippen LogP contribution is -2.42. The van der Waals surface area contributed by atoms with Gasteiger partial charge in [-0.05, 0) is 20.3 Å². The van der Waals surface area contributed by atoms with Crippen molar-refractivity contribution in [2.24, 2.45) is 5.73 Å². The Morgan fingerprint density at radius 3 is 2.57 bits per heavy atom. The highest BCUT2D eigenvalue weighted by Crippen LogP contribution is 2.16. The average molecular weight is 218 g/mol. The predicted octanol–water partition coefficient (Wildman–Crippen LogP) is -0.297. The van der Waals surface area contributed by atoms with Crippen molar-refractivity contribution >= 4 is 16.7 Å². The van der Waals surface area contributed by atoms with E-state index in [0.717, 1.165) is 0 Å². The third-order valence-electron chi connectivity index (χ3n) is 2.21. The van der Waals surface area contributed by atoms with Gasteiger partial charge in [0, 0.05) is 35.7 Å². The maximum absolute atomic E-state index is 11.8. The van der Waals surface area contributed by atoms with Crippen molar-refractivity contribution in [1.82, 2.24) is 4.90 Å². The molecule has 1 saturated heterocycles. The van der Waals surface area contributed by atoms with Crippen molar-refractivity contribution in [3.8, 4) is 0 Å². The third kappa shape index (κ3) is 2.78. The lowest BCUT2D eigenvalue weighted by atomic mass is 10.1. The van der Waals surface area contributed by atoms with Crippen LogP contribution < -0.4 is 5.73 Å². The molecule has 0 aromatic rings. The van der Waals surface area contributed by atoms with Gasteiger partial charge in [-0.3, -0.25) is 9.00 Å². The minimum atomic E-state index is -1.13. The zero-order chi connectivity index (χ0) is 10.9. The molecule has 2 unspecified atom stereocenters. The minimum absolute atomic E-state index is 0.00687. The highest BCUT2D eigenvalue weighted by molar-refractivity contribution is 7.86. The number of amides is 1. The molecule has 0 bridgehead atoms. The van der Waals surface area contributed by atoms with Gasteiger partial charge in [0.15, 0.2) is 0 Å². The normalized spacial score (nSPS) is 25.6. The van der Waals surface area contributed by atoms with Gasteiger partial charge in [0.1, 0.15) is 5.25 Å². The van der Waals surface area contributed by atoms with Crippen LogP contribution in [0.4, 0.5) is 0 Å². The number of hydrogen-bond donors (Lipinski definition) is 1. The van der Waals surface area contributed by atoms with E-state index >= 15 is 0 Å². The van der Waals surface area contributed by atoms with E-state index in [1.54, 1.807) is 11.9 Å². The fraction of sp³-hybridized carbons (Fsp3) is 0.889. The third-order valence-corrected chi connectivity index (χ3v) is 4.31. The summed E-state index contributed by atoms with van der Waals surface area (Å²) in [6, 6.07) is 0. The van der Waals surface area contributed by atoms with Gasteiger partial charge in [0.25, 0.3) is 0 Å². The van der Waals surface area contributed by atoms with E-state index in [-0.39, 0.29) is 11.2 Å². The molecule has 1 fully saturated rings. The molecule has 0 aromatic heterocycles. The first-order valence-corrected chi connectivity index (χ1v) is 6.10. The number of nitrogens with zero attached hydrogens (tertiary/aromatic N) is 1. The Balaban J connectivity index is 2.59. The quantitative estimate of drug-likeness (QED) is 0.707. The minimum Gasteiger partial charge on any atom is -0.345 e. The van der Waals surface area contributed by atoms with E-state index in [1.807, 2.05) is 13.8 Å². The Bertz CT molecular complexity index is 260. The first kappa shape index (κ1) is 11.7. The second kappa shape index (κ2) is 3.98. The van der Waals surface area contributed by atoms with Crippen molar-refractivity contribution in [3.05, 3.63) is 0 Å². The van der Waals surface area contributed by atoms with Gasteiger partial charge in [-0.1, -0.05) is 0 Å². The molecule has 2 N–H and O–H groups in total. The van der Waals surface area contributed by atoms with Gasteiger partial charge in [-0.2, -0.15) is 0 Å². The maximum atomic E-state index is 11.8. The van der Waals surface area contributed by atoms with E-state index in [4.69, 9.17) is 5.73 Å². The van der Waals surface area contributed by atoms with Gasteiger partial charge < -0.3 is 10.6 Å². The van der Waals surface area contributed by atoms with Crippen molar-refractivity contribution in [1.29, 1.82) is 0 Å². The standard InChI is InChI=1S/C9H18N2O2S/c1-9(2,10)6-14(13)7-4-5-11(3)8(7)12/h7H,4-6,10H2,1-3H3. The van der Waals surface area contributed by atoms with Crippen molar-refractivity contribution in [2.45, 2.75) is 31.1 Å².